The molecule has 1 heterocycles. The fourth-order valence-electron chi connectivity index (χ4n) is 4.24. The lowest BCUT2D eigenvalue weighted by molar-refractivity contribution is -0.123. The topological polar surface area (TPSA) is 47.6 Å². The molecule has 0 unspecified atom stereocenters. The number of Topliss-reactive ketones (excluding diaryl/α,β-unsaturated/α-hetero) is 1. The van der Waals surface area contributed by atoms with E-state index in [1.807, 2.05) is 6.07 Å². The second kappa shape index (κ2) is 5.34. The predicted octanol–water partition coefficient (Wildman–Crippen LogP) is 2.30. The van der Waals surface area contributed by atoms with Gasteiger partial charge in [-0.2, -0.15) is 0 Å². The van der Waals surface area contributed by atoms with Gasteiger partial charge in [-0.15, -0.1) is 0 Å². The molecule has 4 heteroatoms. The van der Waals surface area contributed by atoms with Crippen LogP contribution in [-0.4, -0.2) is 32.6 Å². The van der Waals surface area contributed by atoms with Crippen LogP contribution in [0, 0.1) is 5.92 Å². The third-order valence-electron chi connectivity index (χ3n) is 5.32. The largest absolute Gasteiger partial charge is 0.493 e. The third kappa shape index (κ3) is 2.13. The second-order valence-corrected chi connectivity index (χ2v) is 6.21. The van der Waals surface area contributed by atoms with Crippen LogP contribution in [0.2, 0.25) is 0 Å². The van der Waals surface area contributed by atoms with E-state index in [2.05, 4.69) is 24.4 Å². The Balaban J connectivity index is 2.06. The Bertz CT molecular complexity index is 557. The van der Waals surface area contributed by atoms with Crippen LogP contribution in [0.3, 0.4) is 0 Å². The monoisotopic (exact) mass is 289 g/mol. The van der Waals surface area contributed by atoms with Gasteiger partial charge in [0, 0.05) is 24.3 Å². The standard InChI is InChI=1S/C17H23NO3/c1-11-8-13(19)10-16-17(11,6-7-18-16)12-4-5-14(20-2)15(9-12)21-3/h4-5,9,11,16,18H,6-8,10H2,1-3H3/t11-,16+,17-/m0/s1. The van der Waals surface area contributed by atoms with E-state index in [0.717, 1.165) is 24.5 Å². The van der Waals surface area contributed by atoms with Crippen molar-refractivity contribution < 1.29 is 14.3 Å². The molecule has 1 aromatic rings. The van der Waals surface area contributed by atoms with Crippen molar-refractivity contribution in [3.8, 4) is 11.5 Å². The fourth-order valence-corrected chi connectivity index (χ4v) is 4.24. The quantitative estimate of drug-likeness (QED) is 0.927. The Kier molecular flexibility index (Phi) is 3.66. The summed E-state index contributed by atoms with van der Waals surface area (Å²) in [6, 6.07) is 6.44. The third-order valence-corrected chi connectivity index (χ3v) is 5.32. The lowest BCUT2D eigenvalue weighted by Crippen LogP contribution is -2.50. The minimum atomic E-state index is 0.0352. The highest BCUT2D eigenvalue weighted by Gasteiger charge is 2.51. The van der Waals surface area contributed by atoms with Gasteiger partial charge < -0.3 is 14.8 Å². The van der Waals surface area contributed by atoms with E-state index < -0.39 is 0 Å². The molecule has 0 radical (unpaired) electrons. The van der Waals surface area contributed by atoms with Crippen LogP contribution in [-0.2, 0) is 10.2 Å². The molecule has 0 amide bonds. The van der Waals surface area contributed by atoms with Crippen molar-refractivity contribution in [3.63, 3.8) is 0 Å². The number of rotatable bonds is 3. The summed E-state index contributed by atoms with van der Waals surface area (Å²) >= 11 is 0. The molecule has 114 valence electrons. The highest BCUT2D eigenvalue weighted by atomic mass is 16.5. The average molecular weight is 289 g/mol. The summed E-state index contributed by atoms with van der Waals surface area (Å²) in [7, 11) is 3.31. The van der Waals surface area contributed by atoms with Crippen molar-refractivity contribution in [2.24, 2.45) is 5.92 Å². The van der Waals surface area contributed by atoms with Crippen LogP contribution in [0.15, 0.2) is 18.2 Å². The van der Waals surface area contributed by atoms with Crippen molar-refractivity contribution in [1.29, 1.82) is 0 Å². The van der Waals surface area contributed by atoms with Gasteiger partial charge in [0.25, 0.3) is 0 Å². The minimum Gasteiger partial charge on any atom is -0.493 e. The zero-order valence-electron chi connectivity index (χ0n) is 12.9. The van der Waals surface area contributed by atoms with Crippen LogP contribution >= 0.6 is 0 Å². The maximum atomic E-state index is 11.9. The number of ketones is 1. The Labute approximate surface area is 125 Å². The lowest BCUT2D eigenvalue weighted by atomic mass is 9.60. The molecule has 2 fully saturated rings. The maximum Gasteiger partial charge on any atom is 0.161 e. The number of hydrogen-bond acceptors (Lipinski definition) is 4. The molecule has 0 aromatic heterocycles. The number of nitrogens with one attached hydrogen (secondary N) is 1. The highest BCUT2D eigenvalue weighted by molar-refractivity contribution is 5.81. The predicted molar refractivity (Wildman–Crippen MR) is 81.0 cm³/mol. The van der Waals surface area contributed by atoms with E-state index in [-0.39, 0.29) is 11.5 Å². The van der Waals surface area contributed by atoms with Crippen molar-refractivity contribution in [2.75, 3.05) is 20.8 Å². The molecule has 3 atom stereocenters. The molecule has 1 aliphatic heterocycles. The first-order valence-electron chi connectivity index (χ1n) is 7.59. The number of carbonyl (C=O) groups excluding carboxylic acids is 1. The van der Waals surface area contributed by atoms with E-state index in [4.69, 9.17) is 9.47 Å². The maximum absolute atomic E-state index is 11.9. The zero-order valence-corrected chi connectivity index (χ0v) is 12.9. The summed E-state index contributed by atoms with van der Waals surface area (Å²) in [6.45, 7) is 3.17. The molecular weight excluding hydrogens is 266 g/mol. The molecule has 0 bridgehead atoms. The smallest absolute Gasteiger partial charge is 0.161 e. The number of benzene rings is 1. The summed E-state index contributed by atoms with van der Waals surface area (Å²) < 4.78 is 10.8. The Morgan fingerprint density at radius 2 is 1.95 bits per heavy atom. The number of fused-ring (bicyclic) bond motifs is 1. The number of carbonyl (C=O) groups is 1. The highest BCUT2D eigenvalue weighted by Crippen LogP contribution is 2.49. The molecular formula is C17H23NO3. The van der Waals surface area contributed by atoms with Gasteiger partial charge >= 0.3 is 0 Å². The van der Waals surface area contributed by atoms with E-state index >= 15 is 0 Å². The first-order valence-corrected chi connectivity index (χ1v) is 7.59. The molecule has 1 N–H and O–H groups in total. The van der Waals surface area contributed by atoms with Crippen LogP contribution in [0.5, 0.6) is 11.5 Å². The number of hydrogen-bond donors (Lipinski definition) is 1. The van der Waals surface area contributed by atoms with Gasteiger partial charge in [0.05, 0.1) is 14.2 Å². The van der Waals surface area contributed by atoms with Crippen LogP contribution < -0.4 is 14.8 Å². The van der Waals surface area contributed by atoms with Crippen molar-refractivity contribution in [3.05, 3.63) is 23.8 Å². The van der Waals surface area contributed by atoms with Crippen LogP contribution in [0.4, 0.5) is 0 Å². The molecule has 2 aliphatic rings. The van der Waals surface area contributed by atoms with Crippen LogP contribution in [0.1, 0.15) is 31.7 Å². The SMILES string of the molecule is COc1ccc([C@@]23CCN[C@@H]2CC(=O)C[C@@H]3C)cc1OC. The molecule has 0 spiro atoms. The van der Waals surface area contributed by atoms with Crippen LogP contribution in [0.25, 0.3) is 0 Å². The zero-order chi connectivity index (χ0) is 15.0. The van der Waals surface area contributed by atoms with Gasteiger partial charge in [-0.3, -0.25) is 4.79 Å². The summed E-state index contributed by atoms with van der Waals surface area (Å²) in [5.74, 6) is 2.23. The molecule has 3 rings (SSSR count). The van der Waals surface area contributed by atoms with Gasteiger partial charge in [0.15, 0.2) is 11.5 Å². The Morgan fingerprint density at radius 3 is 2.67 bits per heavy atom. The molecule has 21 heavy (non-hydrogen) atoms. The molecule has 4 nitrogen and oxygen atoms in total. The Hall–Kier alpha value is -1.55. The van der Waals surface area contributed by atoms with Crippen molar-refractivity contribution in [1.82, 2.24) is 5.32 Å². The van der Waals surface area contributed by atoms with Gasteiger partial charge in [0.1, 0.15) is 5.78 Å². The lowest BCUT2D eigenvalue weighted by Gasteiger charge is -2.44. The van der Waals surface area contributed by atoms with Gasteiger partial charge in [-0.05, 0) is 36.6 Å². The number of methoxy groups -OCH3 is 2. The first-order chi connectivity index (χ1) is 10.1. The summed E-state index contributed by atoms with van der Waals surface area (Å²) in [6.07, 6.45) is 2.38. The van der Waals surface area contributed by atoms with Crippen molar-refractivity contribution in [2.45, 2.75) is 37.6 Å². The number of ether oxygens (including phenoxy) is 2. The summed E-state index contributed by atoms with van der Waals surface area (Å²) in [4.78, 5) is 11.9. The second-order valence-electron chi connectivity index (χ2n) is 6.21. The van der Waals surface area contributed by atoms with E-state index in [9.17, 15) is 4.79 Å². The normalized spacial score (nSPS) is 31.9. The van der Waals surface area contributed by atoms with E-state index in [0.29, 0.717) is 24.5 Å². The molecule has 1 aliphatic carbocycles. The van der Waals surface area contributed by atoms with Gasteiger partial charge in [-0.1, -0.05) is 13.0 Å². The fraction of sp³-hybridized carbons (Fsp3) is 0.588. The minimum absolute atomic E-state index is 0.0352. The van der Waals surface area contributed by atoms with E-state index in [1.165, 1.54) is 5.56 Å². The van der Waals surface area contributed by atoms with Gasteiger partial charge in [0.2, 0.25) is 0 Å². The summed E-state index contributed by atoms with van der Waals surface area (Å²) in [5, 5.41) is 3.53. The molecule has 1 saturated heterocycles. The van der Waals surface area contributed by atoms with Crippen molar-refractivity contribution >= 4 is 5.78 Å². The Morgan fingerprint density at radius 1 is 1.19 bits per heavy atom. The van der Waals surface area contributed by atoms with Gasteiger partial charge in [-0.25, -0.2) is 0 Å². The molecule has 1 aromatic carbocycles. The average Bonchev–Trinajstić information content (AvgIpc) is 2.91. The first kappa shape index (κ1) is 14.4. The van der Waals surface area contributed by atoms with E-state index in [1.54, 1.807) is 14.2 Å². The summed E-state index contributed by atoms with van der Waals surface area (Å²) in [5.41, 5.74) is 1.29. The molecule has 1 saturated carbocycles.